The summed E-state index contributed by atoms with van der Waals surface area (Å²) in [5.41, 5.74) is 10.4. The van der Waals surface area contributed by atoms with Crippen molar-refractivity contribution in [2.75, 3.05) is 5.73 Å². The number of nitriles is 1. The van der Waals surface area contributed by atoms with Crippen LogP contribution in [-0.4, -0.2) is 16.0 Å². The number of allylic oxidation sites excluding steroid dienone is 5. The lowest BCUT2D eigenvalue weighted by Gasteiger charge is -2.21. The van der Waals surface area contributed by atoms with Crippen molar-refractivity contribution in [2.45, 2.75) is 85.1 Å². The monoisotopic (exact) mass is 407 g/mol. The summed E-state index contributed by atoms with van der Waals surface area (Å²) in [5, 5.41) is 14.0. The molecule has 1 saturated carbocycles. The van der Waals surface area contributed by atoms with Gasteiger partial charge in [-0.1, -0.05) is 51.3 Å². The molecule has 2 rings (SSSR count). The van der Waals surface area contributed by atoms with Crippen LogP contribution < -0.4 is 5.73 Å². The van der Waals surface area contributed by atoms with Gasteiger partial charge in [-0.3, -0.25) is 9.67 Å². The summed E-state index contributed by atoms with van der Waals surface area (Å²) in [6.45, 7) is 8.36. The molecule has 1 atom stereocenters. The number of aromatic nitrogens is 2. The number of nitrogen functional groups attached to an aromatic ring is 1. The van der Waals surface area contributed by atoms with E-state index < -0.39 is 0 Å². The predicted molar refractivity (Wildman–Crippen MR) is 127 cm³/mol. The van der Waals surface area contributed by atoms with Gasteiger partial charge in [-0.05, 0) is 51.0 Å². The number of hydrogen-bond donors (Lipinski definition) is 1. The van der Waals surface area contributed by atoms with Crippen LogP contribution in [0.5, 0.6) is 0 Å². The van der Waals surface area contributed by atoms with Gasteiger partial charge in [0.2, 0.25) is 0 Å². The van der Waals surface area contributed by atoms with Gasteiger partial charge in [-0.2, -0.15) is 10.4 Å². The fraction of sp³-hybridized carbons (Fsp3) is 0.560. The Morgan fingerprint density at radius 2 is 2.13 bits per heavy atom. The van der Waals surface area contributed by atoms with E-state index in [1.807, 2.05) is 24.0 Å². The molecule has 0 spiro atoms. The van der Waals surface area contributed by atoms with Crippen molar-refractivity contribution in [3.63, 3.8) is 0 Å². The first-order valence-electron chi connectivity index (χ1n) is 11.4. The topological polar surface area (TPSA) is 80.0 Å². The zero-order valence-corrected chi connectivity index (χ0v) is 19.1. The summed E-state index contributed by atoms with van der Waals surface area (Å²) >= 11 is 0. The first kappa shape index (κ1) is 23.7. The molecule has 0 bridgehead atoms. The van der Waals surface area contributed by atoms with Gasteiger partial charge in [0.05, 0.1) is 29.8 Å². The van der Waals surface area contributed by atoms with E-state index in [2.05, 4.69) is 50.2 Å². The summed E-state index contributed by atoms with van der Waals surface area (Å²) < 4.78 is 1.93. The third-order valence-corrected chi connectivity index (χ3v) is 5.80. The SMILES string of the molecule is CC=N/C(=C(/C=C\CC)C(\C)=C\CCC)c1cn(C(CC#N)C2CCCC2)nc1N. The summed E-state index contributed by atoms with van der Waals surface area (Å²) in [6.07, 6.45) is 18.7. The predicted octanol–water partition coefficient (Wildman–Crippen LogP) is 6.62. The van der Waals surface area contributed by atoms with E-state index in [0.29, 0.717) is 18.2 Å². The van der Waals surface area contributed by atoms with Crippen LogP contribution in [0.15, 0.2) is 40.6 Å². The Morgan fingerprint density at radius 1 is 1.40 bits per heavy atom. The minimum atomic E-state index is 0.0757. The zero-order valence-electron chi connectivity index (χ0n) is 19.1. The highest BCUT2D eigenvalue weighted by molar-refractivity contribution is 5.83. The molecular weight excluding hydrogens is 370 g/mol. The molecule has 0 saturated heterocycles. The Hall–Kier alpha value is -2.61. The van der Waals surface area contributed by atoms with Crippen molar-refractivity contribution in [1.82, 2.24) is 9.78 Å². The Morgan fingerprint density at radius 3 is 2.73 bits per heavy atom. The molecule has 5 heteroatoms. The highest BCUT2D eigenvalue weighted by atomic mass is 15.3. The van der Waals surface area contributed by atoms with Gasteiger partial charge in [-0.15, -0.1) is 0 Å². The average Bonchev–Trinajstić information content (AvgIpc) is 3.40. The van der Waals surface area contributed by atoms with Gasteiger partial charge in [0, 0.05) is 18.0 Å². The van der Waals surface area contributed by atoms with Crippen molar-refractivity contribution in [2.24, 2.45) is 10.9 Å². The second-order valence-electron chi connectivity index (χ2n) is 8.02. The molecule has 0 aliphatic heterocycles. The maximum absolute atomic E-state index is 9.40. The maximum atomic E-state index is 9.40. The minimum Gasteiger partial charge on any atom is -0.382 e. The third kappa shape index (κ3) is 5.95. The van der Waals surface area contributed by atoms with Gasteiger partial charge in [0.1, 0.15) is 0 Å². The summed E-state index contributed by atoms with van der Waals surface area (Å²) in [4.78, 5) is 4.72. The first-order valence-corrected chi connectivity index (χ1v) is 11.4. The third-order valence-electron chi connectivity index (χ3n) is 5.80. The van der Waals surface area contributed by atoms with Crippen molar-refractivity contribution in [3.8, 4) is 6.07 Å². The molecule has 162 valence electrons. The highest BCUT2D eigenvalue weighted by Gasteiger charge is 2.28. The standard InChI is InChI=1S/C25H37N5/c1-5-8-12-19(4)21(15-9-6-2)24(28-7-3)22-18-30(29-25(22)27)23(16-17-26)20-13-10-11-14-20/h7,9,12,15,18,20,23H,5-6,8,10-11,13-14,16H2,1-4H3,(H2,27,29)/b15-9-,19-12+,24-21-,28-7?. The van der Waals surface area contributed by atoms with Gasteiger partial charge in [0.15, 0.2) is 5.82 Å². The van der Waals surface area contributed by atoms with Crippen LogP contribution in [0.3, 0.4) is 0 Å². The molecule has 1 aromatic heterocycles. The van der Waals surface area contributed by atoms with Gasteiger partial charge in [0.25, 0.3) is 0 Å². The Balaban J connectivity index is 2.58. The van der Waals surface area contributed by atoms with E-state index in [1.165, 1.54) is 18.4 Å². The average molecular weight is 408 g/mol. The van der Waals surface area contributed by atoms with Crippen molar-refractivity contribution in [3.05, 3.63) is 41.1 Å². The number of hydrogen-bond acceptors (Lipinski definition) is 4. The van der Waals surface area contributed by atoms with Crippen LogP contribution in [-0.2, 0) is 0 Å². The normalized spacial score (nSPS) is 17.6. The Labute approximate surface area is 182 Å². The second-order valence-corrected chi connectivity index (χ2v) is 8.02. The molecule has 1 aliphatic carbocycles. The summed E-state index contributed by atoms with van der Waals surface area (Å²) in [5.74, 6) is 0.965. The van der Waals surface area contributed by atoms with E-state index in [0.717, 1.165) is 48.9 Å². The lowest BCUT2D eigenvalue weighted by Crippen LogP contribution is -2.17. The maximum Gasteiger partial charge on any atom is 0.154 e. The number of anilines is 1. The van der Waals surface area contributed by atoms with Crippen LogP contribution in [0.25, 0.3) is 5.70 Å². The minimum absolute atomic E-state index is 0.0757. The van der Waals surface area contributed by atoms with Gasteiger partial charge < -0.3 is 5.73 Å². The molecule has 1 aromatic rings. The van der Waals surface area contributed by atoms with Gasteiger partial charge in [-0.25, -0.2) is 0 Å². The zero-order chi connectivity index (χ0) is 21.9. The number of nitrogens with zero attached hydrogens (tertiary/aromatic N) is 4. The van der Waals surface area contributed by atoms with Crippen molar-refractivity contribution >= 4 is 17.7 Å². The smallest absolute Gasteiger partial charge is 0.154 e. The van der Waals surface area contributed by atoms with Crippen LogP contribution in [0.4, 0.5) is 5.82 Å². The first-order chi connectivity index (χ1) is 14.6. The summed E-state index contributed by atoms with van der Waals surface area (Å²) in [7, 11) is 0. The van der Waals surface area contributed by atoms with Crippen LogP contribution in [0, 0.1) is 17.2 Å². The molecule has 2 N–H and O–H groups in total. The van der Waals surface area contributed by atoms with E-state index in [9.17, 15) is 5.26 Å². The molecule has 5 nitrogen and oxygen atoms in total. The molecule has 1 heterocycles. The Kier molecular flexibility index (Phi) is 9.60. The molecule has 1 aliphatic rings. The van der Waals surface area contributed by atoms with E-state index in [1.54, 1.807) is 0 Å². The van der Waals surface area contributed by atoms with Crippen molar-refractivity contribution in [1.29, 1.82) is 5.26 Å². The lowest BCUT2D eigenvalue weighted by molar-refractivity contribution is 0.315. The largest absolute Gasteiger partial charge is 0.382 e. The quantitative estimate of drug-likeness (QED) is 0.349. The molecule has 1 fully saturated rings. The van der Waals surface area contributed by atoms with Crippen LogP contribution >= 0.6 is 0 Å². The Bertz CT molecular complexity index is 841. The number of aliphatic imine (C=N–C) groups is 1. The molecular formula is C25H37N5. The number of rotatable bonds is 10. The fourth-order valence-corrected chi connectivity index (χ4v) is 4.19. The fourth-order valence-electron chi connectivity index (χ4n) is 4.19. The summed E-state index contributed by atoms with van der Waals surface area (Å²) in [6, 6.07) is 2.43. The van der Waals surface area contributed by atoms with Crippen molar-refractivity contribution < 1.29 is 0 Å². The molecule has 0 amide bonds. The van der Waals surface area contributed by atoms with Gasteiger partial charge >= 0.3 is 0 Å². The molecule has 30 heavy (non-hydrogen) atoms. The molecule has 0 aromatic carbocycles. The highest BCUT2D eigenvalue weighted by Crippen LogP contribution is 2.38. The lowest BCUT2D eigenvalue weighted by atomic mass is 9.96. The second kappa shape index (κ2) is 12.2. The van der Waals surface area contributed by atoms with E-state index in [-0.39, 0.29) is 6.04 Å². The number of nitrogens with two attached hydrogens (primary N) is 1. The molecule has 0 radical (unpaired) electrons. The molecule has 1 unspecified atom stereocenters. The van der Waals surface area contributed by atoms with E-state index in [4.69, 9.17) is 10.7 Å². The van der Waals surface area contributed by atoms with Crippen LogP contribution in [0.1, 0.15) is 90.7 Å². The van der Waals surface area contributed by atoms with Crippen LogP contribution in [0.2, 0.25) is 0 Å². The van der Waals surface area contributed by atoms with E-state index >= 15 is 0 Å². The number of unbranched alkanes of at least 4 members (excludes halogenated alkanes) is 1.